The van der Waals surface area contributed by atoms with Crippen LogP contribution in [0, 0.1) is 12.7 Å². The first kappa shape index (κ1) is 14.5. The Morgan fingerprint density at radius 2 is 2.05 bits per heavy atom. The maximum Gasteiger partial charge on any atom is 0.325 e. The van der Waals surface area contributed by atoms with Gasteiger partial charge in [0.2, 0.25) is 0 Å². The van der Waals surface area contributed by atoms with Gasteiger partial charge in [0, 0.05) is 11.6 Å². The van der Waals surface area contributed by atoms with Crippen molar-refractivity contribution in [3.8, 4) is 0 Å². The van der Waals surface area contributed by atoms with Gasteiger partial charge in [-0.2, -0.15) is 0 Å². The summed E-state index contributed by atoms with van der Waals surface area (Å²) in [7, 11) is 0. The molecule has 108 valence electrons. The van der Waals surface area contributed by atoms with Crippen LogP contribution in [0.25, 0.3) is 0 Å². The van der Waals surface area contributed by atoms with Crippen LogP contribution in [0.5, 0.6) is 0 Å². The van der Waals surface area contributed by atoms with E-state index < -0.39 is 11.8 Å². The van der Waals surface area contributed by atoms with Crippen molar-refractivity contribution in [3.63, 3.8) is 0 Å². The van der Waals surface area contributed by atoms with Crippen molar-refractivity contribution in [1.29, 1.82) is 0 Å². The summed E-state index contributed by atoms with van der Waals surface area (Å²) in [5.41, 5.74) is 0.957. The van der Waals surface area contributed by atoms with Crippen molar-refractivity contribution in [2.75, 3.05) is 13.2 Å². The summed E-state index contributed by atoms with van der Waals surface area (Å²) in [4.78, 5) is 25.5. The molecule has 0 spiro atoms. The fourth-order valence-electron chi connectivity index (χ4n) is 2.12. The first-order valence-corrected chi connectivity index (χ1v) is 6.75. The Balaban J connectivity index is 2.16. The lowest BCUT2D eigenvalue weighted by molar-refractivity contribution is -0.144. The third-order valence-electron chi connectivity index (χ3n) is 3.14. The standard InChI is InChI=1S/C15H18FNO3/c1-3-20-14(18)9-17(13-4-5-13)15(19)11-6-10(2)7-12(16)8-11/h6-8,13H,3-5,9H2,1-2H3. The van der Waals surface area contributed by atoms with E-state index in [0.29, 0.717) is 5.56 Å². The molecule has 20 heavy (non-hydrogen) atoms. The van der Waals surface area contributed by atoms with Crippen LogP contribution >= 0.6 is 0 Å². The molecule has 0 N–H and O–H groups in total. The molecule has 0 bridgehead atoms. The molecule has 0 saturated heterocycles. The molecule has 1 fully saturated rings. The van der Waals surface area contributed by atoms with Gasteiger partial charge in [-0.05, 0) is 50.5 Å². The largest absolute Gasteiger partial charge is 0.465 e. The molecule has 0 atom stereocenters. The van der Waals surface area contributed by atoms with Gasteiger partial charge >= 0.3 is 5.97 Å². The molecule has 0 aromatic heterocycles. The lowest BCUT2D eigenvalue weighted by atomic mass is 10.1. The maximum absolute atomic E-state index is 13.4. The molecule has 0 aliphatic heterocycles. The van der Waals surface area contributed by atoms with E-state index in [2.05, 4.69) is 0 Å². The zero-order chi connectivity index (χ0) is 14.7. The van der Waals surface area contributed by atoms with Crippen LogP contribution in [0.3, 0.4) is 0 Å². The average molecular weight is 279 g/mol. The normalized spacial score (nSPS) is 13.9. The summed E-state index contributed by atoms with van der Waals surface area (Å²) in [6, 6.07) is 4.27. The highest BCUT2D eigenvalue weighted by atomic mass is 19.1. The molecule has 0 unspecified atom stereocenters. The number of carbonyl (C=O) groups excluding carboxylic acids is 2. The molecule has 2 rings (SSSR count). The first-order valence-electron chi connectivity index (χ1n) is 6.75. The number of hydrogen-bond donors (Lipinski definition) is 0. The SMILES string of the molecule is CCOC(=O)CN(C(=O)c1cc(C)cc(F)c1)C1CC1. The van der Waals surface area contributed by atoms with E-state index in [1.807, 2.05) is 0 Å². The number of halogens is 1. The van der Waals surface area contributed by atoms with E-state index in [1.165, 1.54) is 17.0 Å². The van der Waals surface area contributed by atoms with Crippen LogP contribution in [0.4, 0.5) is 4.39 Å². The van der Waals surface area contributed by atoms with Gasteiger partial charge < -0.3 is 9.64 Å². The Labute approximate surface area is 117 Å². The van der Waals surface area contributed by atoms with Gasteiger partial charge in [0.1, 0.15) is 12.4 Å². The molecular formula is C15H18FNO3. The minimum Gasteiger partial charge on any atom is -0.465 e. The zero-order valence-electron chi connectivity index (χ0n) is 11.7. The van der Waals surface area contributed by atoms with E-state index >= 15 is 0 Å². The van der Waals surface area contributed by atoms with E-state index in [0.717, 1.165) is 12.8 Å². The summed E-state index contributed by atoms with van der Waals surface area (Å²) in [6.07, 6.45) is 1.75. The fraction of sp³-hybridized carbons (Fsp3) is 0.467. The van der Waals surface area contributed by atoms with Crippen LogP contribution in [0.2, 0.25) is 0 Å². The highest BCUT2D eigenvalue weighted by molar-refractivity contribution is 5.96. The number of amides is 1. The molecule has 1 saturated carbocycles. The molecule has 1 amide bonds. The van der Waals surface area contributed by atoms with E-state index in [4.69, 9.17) is 4.74 Å². The number of nitrogens with zero attached hydrogens (tertiary/aromatic N) is 1. The van der Waals surface area contributed by atoms with Crippen LogP contribution in [0.15, 0.2) is 18.2 Å². The van der Waals surface area contributed by atoms with Gasteiger partial charge in [-0.15, -0.1) is 0 Å². The molecule has 4 nitrogen and oxygen atoms in total. The van der Waals surface area contributed by atoms with Crippen LogP contribution in [0.1, 0.15) is 35.7 Å². The summed E-state index contributed by atoms with van der Waals surface area (Å²) < 4.78 is 18.3. The minimum absolute atomic E-state index is 0.0653. The summed E-state index contributed by atoms with van der Waals surface area (Å²) in [5, 5.41) is 0. The van der Waals surface area contributed by atoms with E-state index in [9.17, 15) is 14.0 Å². The minimum atomic E-state index is -0.444. The van der Waals surface area contributed by atoms with Crippen molar-refractivity contribution in [1.82, 2.24) is 4.90 Å². The number of carbonyl (C=O) groups is 2. The monoisotopic (exact) mass is 279 g/mol. The van der Waals surface area contributed by atoms with Crippen LogP contribution in [-0.2, 0) is 9.53 Å². The van der Waals surface area contributed by atoms with Gasteiger partial charge in [-0.25, -0.2) is 4.39 Å². The van der Waals surface area contributed by atoms with Gasteiger partial charge in [0.05, 0.1) is 6.61 Å². The lowest BCUT2D eigenvalue weighted by Gasteiger charge is -2.21. The number of rotatable bonds is 5. The Morgan fingerprint density at radius 3 is 2.60 bits per heavy atom. The second-order valence-electron chi connectivity index (χ2n) is 4.99. The second-order valence-corrected chi connectivity index (χ2v) is 4.99. The first-order chi connectivity index (χ1) is 9.51. The van der Waals surface area contributed by atoms with Crippen molar-refractivity contribution in [2.45, 2.75) is 32.7 Å². The van der Waals surface area contributed by atoms with E-state index in [1.54, 1.807) is 19.9 Å². The molecule has 1 aliphatic rings. The number of esters is 1. The van der Waals surface area contributed by atoms with Gasteiger partial charge in [-0.3, -0.25) is 9.59 Å². The average Bonchev–Trinajstić information content (AvgIpc) is 3.18. The highest BCUT2D eigenvalue weighted by Crippen LogP contribution is 2.28. The third kappa shape index (κ3) is 3.56. The summed E-state index contributed by atoms with van der Waals surface area (Å²) >= 11 is 0. The van der Waals surface area contributed by atoms with Gasteiger partial charge in [-0.1, -0.05) is 0 Å². The van der Waals surface area contributed by atoms with Crippen molar-refractivity contribution in [3.05, 3.63) is 35.1 Å². The Morgan fingerprint density at radius 1 is 1.35 bits per heavy atom. The molecule has 1 aromatic carbocycles. The fourth-order valence-corrected chi connectivity index (χ4v) is 2.12. The highest BCUT2D eigenvalue weighted by Gasteiger charge is 2.34. The lowest BCUT2D eigenvalue weighted by Crippen LogP contribution is -2.38. The Bertz CT molecular complexity index is 506. The molecular weight excluding hydrogens is 261 g/mol. The molecule has 0 heterocycles. The van der Waals surface area contributed by atoms with Crippen LogP contribution in [-0.4, -0.2) is 36.0 Å². The predicted molar refractivity (Wildman–Crippen MR) is 71.8 cm³/mol. The second kappa shape index (κ2) is 6.03. The number of aryl methyl sites for hydroxylation is 1. The summed E-state index contributed by atoms with van der Waals surface area (Å²) in [6.45, 7) is 3.65. The molecule has 5 heteroatoms. The predicted octanol–water partition coefficient (Wildman–Crippen LogP) is 2.30. The van der Waals surface area contributed by atoms with Crippen molar-refractivity contribution in [2.24, 2.45) is 0 Å². The van der Waals surface area contributed by atoms with Gasteiger partial charge in [0.25, 0.3) is 5.91 Å². The van der Waals surface area contributed by atoms with Crippen LogP contribution < -0.4 is 0 Å². The van der Waals surface area contributed by atoms with Crippen molar-refractivity contribution < 1.29 is 18.7 Å². The smallest absolute Gasteiger partial charge is 0.325 e. The van der Waals surface area contributed by atoms with Gasteiger partial charge in [0.15, 0.2) is 0 Å². The quantitative estimate of drug-likeness (QED) is 0.777. The third-order valence-corrected chi connectivity index (χ3v) is 3.14. The number of benzene rings is 1. The molecule has 1 aliphatic carbocycles. The number of hydrogen-bond acceptors (Lipinski definition) is 3. The maximum atomic E-state index is 13.4. The summed E-state index contributed by atoms with van der Waals surface area (Å²) in [5.74, 6) is -1.19. The number of ether oxygens (including phenoxy) is 1. The van der Waals surface area contributed by atoms with Crippen molar-refractivity contribution >= 4 is 11.9 Å². The molecule has 1 aromatic rings. The van der Waals surface area contributed by atoms with E-state index in [-0.39, 0.29) is 30.7 Å². The topological polar surface area (TPSA) is 46.6 Å². The zero-order valence-corrected chi connectivity index (χ0v) is 11.7. The Kier molecular flexibility index (Phi) is 4.37. The molecule has 0 radical (unpaired) electrons. The Hall–Kier alpha value is -1.91.